The quantitative estimate of drug-likeness (QED) is 0.776. The van der Waals surface area contributed by atoms with E-state index in [0.29, 0.717) is 0 Å². The lowest BCUT2D eigenvalue weighted by molar-refractivity contribution is 0.273. The molecule has 0 fully saturated rings. The van der Waals surface area contributed by atoms with E-state index < -0.39 is 0 Å². The summed E-state index contributed by atoms with van der Waals surface area (Å²) < 4.78 is 13.1. The van der Waals surface area contributed by atoms with Gasteiger partial charge in [-0.3, -0.25) is 4.90 Å². The van der Waals surface area contributed by atoms with E-state index in [0.717, 1.165) is 25.2 Å². The van der Waals surface area contributed by atoms with Crippen molar-refractivity contribution in [3.63, 3.8) is 0 Å². The minimum atomic E-state index is -0.158. The summed E-state index contributed by atoms with van der Waals surface area (Å²) in [6.07, 6.45) is 0. The summed E-state index contributed by atoms with van der Waals surface area (Å²) in [5.41, 5.74) is 1.03. The number of rotatable bonds is 5. The Morgan fingerprint density at radius 2 is 2.06 bits per heavy atom. The molecule has 0 atom stereocenters. The summed E-state index contributed by atoms with van der Waals surface area (Å²) in [4.78, 5) is 3.66. The molecule has 0 saturated carbocycles. The summed E-state index contributed by atoms with van der Waals surface area (Å²) in [6.45, 7) is 4.83. The van der Waals surface area contributed by atoms with Crippen LogP contribution in [-0.2, 0) is 13.1 Å². The van der Waals surface area contributed by atoms with E-state index in [1.54, 1.807) is 23.5 Å². The van der Waals surface area contributed by atoms with Gasteiger partial charge in [-0.2, -0.15) is 0 Å². The third-order valence-corrected chi connectivity index (χ3v) is 3.56. The third-order valence-electron chi connectivity index (χ3n) is 2.70. The minimum absolute atomic E-state index is 0.158. The monoisotopic (exact) mass is 249 g/mol. The molecule has 90 valence electrons. The first kappa shape index (κ1) is 12.3. The van der Waals surface area contributed by atoms with Gasteiger partial charge in [0.15, 0.2) is 0 Å². The highest BCUT2D eigenvalue weighted by molar-refractivity contribution is 7.09. The van der Waals surface area contributed by atoms with Crippen LogP contribution in [0, 0.1) is 5.82 Å². The van der Waals surface area contributed by atoms with E-state index in [1.807, 2.05) is 6.07 Å². The van der Waals surface area contributed by atoms with E-state index >= 15 is 0 Å². The Morgan fingerprint density at radius 1 is 1.18 bits per heavy atom. The molecule has 0 radical (unpaired) electrons. The number of nitrogens with zero attached hydrogens (tertiary/aromatic N) is 1. The SMILES string of the molecule is CCN(Cc1cccc(F)c1)Cc1cccs1. The molecule has 0 saturated heterocycles. The number of benzene rings is 1. The van der Waals surface area contributed by atoms with Gasteiger partial charge in [-0.05, 0) is 35.7 Å². The maximum atomic E-state index is 13.1. The van der Waals surface area contributed by atoms with Crippen LogP contribution in [0.3, 0.4) is 0 Å². The number of hydrogen-bond acceptors (Lipinski definition) is 2. The highest BCUT2D eigenvalue weighted by atomic mass is 32.1. The molecule has 0 spiro atoms. The Bertz CT molecular complexity index is 453. The molecule has 1 aromatic carbocycles. The summed E-state index contributed by atoms with van der Waals surface area (Å²) in [6, 6.07) is 11.0. The molecule has 1 nitrogen and oxygen atoms in total. The van der Waals surface area contributed by atoms with Gasteiger partial charge in [0.1, 0.15) is 5.82 Å². The lowest BCUT2D eigenvalue weighted by Crippen LogP contribution is -2.21. The fourth-order valence-electron chi connectivity index (χ4n) is 1.80. The second kappa shape index (κ2) is 5.94. The van der Waals surface area contributed by atoms with E-state index in [1.165, 1.54) is 10.9 Å². The third kappa shape index (κ3) is 3.65. The standard InChI is InChI=1S/C14H16FNS/c1-2-16(11-14-7-4-8-17-14)10-12-5-3-6-13(15)9-12/h3-9H,2,10-11H2,1H3. The van der Waals surface area contributed by atoms with Gasteiger partial charge in [-0.25, -0.2) is 4.39 Å². The topological polar surface area (TPSA) is 3.24 Å². The van der Waals surface area contributed by atoms with Gasteiger partial charge in [-0.15, -0.1) is 11.3 Å². The predicted molar refractivity (Wildman–Crippen MR) is 70.5 cm³/mol. The van der Waals surface area contributed by atoms with E-state index in [2.05, 4.69) is 29.3 Å². The van der Waals surface area contributed by atoms with Crippen LogP contribution in [0.4, 0.5) is 4.39 Å². The first-order chi connectivity index (χ1) is 8.28. The molecule has 0 bridgehead atoms. The van der Waals surface area contributed by atoms with Crippen molar-refractivity contribution in [3.8, 4) is 0 Å². The largest absolute Gasteiger partial charge is 0.294 e. The van der Waals surface area contributed by atoms with Crippen molar-refractivity contribution < 1.29 is 4.39 Å². The lowest BCUT2D eigenvalue weighted by atomic mass is 10.2. The van der Waals surface area contributed by atoms with E-state index in [4.69, 9.17) is 0 Å². The van der Waals surface area contributed by atoms with Gasteiger partial charge in [0.05, 0.1) is 0 Å². The predicted octanol–water partition coefficient (Wildman–Crippen LogP) is 3.91. The molecule has 0 amide bonds. The molecule has 3 heteroatoms. The van der Waals surface area contributed by atoms with Crippen LogP contribution in [0.5, 0.6) is 0 Å². The molecular weight excluding hydrogens is 233 g/mol. The number of halogens is 1. The normalized spacial score (nSPS) is 11.0. The Labute approximate surface area is 106 Å². The lowest BCUT2D eigenvalue weighted by Gasteiger charge is -2.19. The van der Waals surface area contributed by atoms with Crippen LogP contribution in [0.2, 0.25) is 0 Å². The Kier molecular flexibility index (Phi) is 4.29. The zero-order chi connectivity index (χ0) is 12.1. The summed E-state index contributed by atoms with van der Waals surface area (Å²) in [5, 5.41) is 2.09. The maximum Gasteiger partial charge on any atom is 0.123 e. The maximum absolute atomic E-state index is 13.1. The fraction of sp³-hybridized carbons (Fsp3) is 0.286. The first-order valence-electron chi connectivity index (χ1n) is 5.77. The van der Waals surface area contributed by atoms with Crippen molar-refractivity contribution >= 4 is 11.3 Å². The van der Waals surface area contributed by atoms with Crippen LogP contribution in [0.15, 0.2) is 41.8 Å². The van der Waals surface area contributed by atoms with Crippen molar-refractivity contribution in [2.24, 2.45) is 0 Å². The van der Waals surface area contributed by atoms with Crippen molar-refractivity contribution in [1.29, 1.82) is 0 Å². The molecule has 1 heterocycles. The van der Waals surface area contributed by atoms with Gasteiger partial charge < -0.3 is 0 Å². The van der Waals surface area contributed by atoms with Crippen LogP contribution < -0.4 is 0 Å². The highest BCUT2D eigenvalue weighted by Gasteiger charge is 2.06. The van der Waals surface area contributed by atoms with Gasteiger partial charge in [0.2, 0.25) is 0 Å². The minimum Gasteiger partial charge on any atom is -0.294 e. The van der Waals surface area contributed by atoms with Crippen molar-refractivity contribution in [1.82, 2.24) is 4.90 Å². The molecule has 2 rings (SSSR count). The van der Waals surface area contributed by atoms with Gasteiger partial charge in [0.25, 0.3) is 0 Å². The van der Waals surface area contributed by atoms with Crippen molar-refractivity contribution in [2.75, 3.05) is 6.54 Å². The zero-order valence-corrected chi connectivity index (χ0v) is 10.7. The molecule has 0 N–H and O–H groups in total. The zero-order valence-electron chi connectivity index (χ0n) is 9.90. The van der Waals surface area contributed by atoms with Crippen molar-refractivity contribution in [3.05, 3.63) is 58.0 Å². The number of hydrogen-bond donors (Lipinski definition) is 0. The Morgan fingerprint density at radius 3 is 2.71 bits per heavy atom. The van der Waals surface area contributed by atoms with Crippen LogP contribution >= 0.6 is 11.3 Å². The molecular formula is C14H16FNS. The molecule has 1 aromatic heterocycles. The van der Waals surface area contributed by atoms with Gasteiger partial charge in [0, 0.05) is 18.0 Å². The average Bonchev–Trinajstić information content (AvgIpc) is 2.81. The second-order valence-corrected chi connectivity index (χ2v) is 5.04. The molecule has 17 heavy (non-hydrogen) atoms. The number of thiophene rings is 1. The fourth-order valence-corrected chi connectivity index (χ4v) is 2.54. The second-order valence-electron chi connectivity index (χ2n) is 4.01. The Hall–Kier alpha value is -1.19. The smallest absolute Gasteiger partial charge is 0.123 e. The van der Waals surface area contributed by atoms with Crippen LogP contribution in [-0.4, -0.2) is 11.4 Å². The summed E-state index contributed by atoms with van der Waals surface area (Å²) in [5.74, 6) is -0.158. The molecule has 2 aromatic rings. The average molecular weight is 249 g/mol. The summed E-state index contributed by atoms with van der Waals surface area (Å²) in [7, 11) is 0. The van der Waals surface area contributed by atoms with Gasteiger partial charge in [-0.1, -0.05) is 25.1 Å². The highest BCUT2D eigenvalue weighted by Crippen LogP contribution is 2.14. The first-order valence-corrected chi connectivity index (χ1v) is 6.65. The Balaban J connectivity index is 2.00. The molecule has 0 aliphatic rings. The van der Waals surface area contributed by atoms with Gasteiger partial charge >= 0.3 is 0 Å². The van der Waals surface area contributed by atoms with Crippen molar-refractivity contribution in [2.45, 2.75) is 20.0 Å². The van der Waals surface area contributed by atoms with Crippen LogP contribution in [0.1, 0.15) is 17.4 Å². The van der Waals surface area contributed by atoms with E-state index in [-0.39, 0.29) is 5.82 Å². The molecule has 0 aliphatic heterocycles. The van der Waals surface area contributed by atoms with E-state index in [9.17, 15) is 4.39 Å². The summed E-state index contributed by atoms with van der Waals surface area (Å²) >= 11 is 1.76. The van der Waals surface area contributed by atoms with Crippen LogP contribution in [0.25, 0.3) is 0 Å². The molecule has 0 unspecified atom stereocenters. The molecule has 0 aliphatic carbocycles.